The highest BCUT2D eigenvalue weighted by atomic mass is 79.9. The molecule has 0 aromatic heterocycles. The van der Waals surface area contributed by atoms with Gasteiger partial charge in [0.05, 0.1) is 16.2 Å². The predicted molar refractivity (Wildman–Crippen MR) is 109 cm³/mol. The Labute approximate surface area is 167 Å². The fourth-order valence-corrected chi connectivity index (χ4v) is 3.86. The molecule has 0 fully saturated rings. The lowest BCUT2D eigenvalue weighted by atomic mass is 10.2. The van der Waals surface area contributed by atoms with Gasteiger partial charge < -0.3 is 10.6 Å². The van der Waals surface area contributed by atoms with Gasteiger partial charge in [0, 0.05) is 23.1 Å². The molecule has 2 amide bonds. The average molecular weight is 453 g/mol. The summed E-state index contributed by atoms with van der Waals surface area (Å²) in [5, 5.41) is 5.40. The van der Waals surface area contributed by atoms with Crippen molar-refractivity contribution in [3.05, 3.63) is 58.1 Å². The highest BCUT2D eigenvalue weighted by Crippen LogP contribution is 2.21. The first-order chi connectivity index (χ1) is 12.7. The van der Waals surface area contributed by atoms with Crippen molar-refractivity contribution in [2.24, 2.45) is 0 Å². The van der Waals surface area contributed by atoms with Crippen LogP contribution >= 0.6 is 15.9 Å². The number of rotatable bonds is 7. The number of hydrogen-bond acceptors (Lipinski definition) is 4. The van der Waals surface area contributed by atoms with Gasteiger partial charge in [-0.15, -0.1) is 0 Å². The van der Waals surface area contributed by atoms with Crippen LogP contribution < -0.4 is 10.6 Å². The normalized spacial score (nSPS) is 11.1. The number of hydrogen-bond donors (Lipinski definition) is 2. The van der Waals surface area contributed by atoms with Gasteiger partial charge >= 0.3 is 0 Å². The Morgan fingerprint density at radius 3 is 2.52 bits per heavy atom. The first-order valence-corrected chi connectivity index (χ1v) is 10.8. The summed E-state index contributed by atoms with van der Waals surface area (Å²) in [4.78, 5) is 24.4. The first-order valence-electron chi connectivity index (χ1n) is 8.40. The maximum absolute atomic E-state index is 12.4. The molecule has 0 aliphatic carbocycles. The molecule has 27 heavy (non-hydrogen) atoms. The molecule has 0 aliphatic rings. The van der Waals surface area contributed by atoms with E-state index < -0.39 is 15.7 Å². The number of carbonyl (C=O) groups is 2. The first kappa shape index (κ1) is 21.1. The number of nitrogens with one attached hydrogen (secondary N) is 2. The molecule has 0 unspecified atom stereocenters. The summed E-state index contributed by atoms with van der Waals surface area (Å²) in [5.41, 5.74) is 1.71. The van der Waals surface area contributed by atoms with Gasteiger partial charge in [0.15, 0.2) is 9.84 Å². The van der Waals surface area contributed by atoms with Crippen LogP contribution in [0, 0.1) is 6.92 Å². The highest BCUT2D eigenvalue weighted by Gasteiger charge is 2.20. The zero-order valence-electron chi connectivity index (χ0n) is 15.1. The van der Waals surface area contributed by atoms with Crippen molar-refractivity contribution in [3.8, 4) is 0 Å². The van der Waals surface area contributed by atoms with Crippen LogP contribution in [-0.2, 0) is 14.6 Å². The van der Waals surface area contributed by atoms with Gasteiger partial charge in [-0.2, -0.15) is 0 Å². The maximum Gasteiger partial charge on any atom is 0.252 e. The van der Waals surface area contributed by atoms with Gasteiger partial charge in [0.1, 0.15) is 0 Å². The minimum absolute atomic E-state index is 0.000730. The van der Waals surface area contributed by atoms with Gasteiger partial charge in [0.2, 0.25) is 5.91 Å². The zero-order valence-corrected chi connectivity index (χ0v) is 17.5. The Balaban J connectivity index is 1.97. The quantitative estimate of drug-likeness (QED) is 0.673. The molecule has 0 bridgehead atoms. The van der Waals surface area contributed by atoms with Gasteiger partial charge in [-0.05, 0) is 36.8 Å². The van der Waals surface area contributed by atoms with Crippen LogP contribution in [0.1, 0.15) is 29.3 Å². The number of benzene rings is 2. The third-order valence-electron chi connectivity index (χ3n) is 3.96. The molecule has 0 heterocycles. The third-order valence-corrected chi connectivity index (χ3v) is 6.24. The SMILES string of the molecule is CCS(=O)(=O)c1ccccc1C(=O)NCCC(=O)Nc1cc(Br)ccc1C. The maximum atomic E-state index is 12.4. The van der Waals surface area contributed by atoms with Gasteiger partial charge in [-0.25, -0.2) is 8.42 Å². The van der Waals surface area contributed by atoms with Crippen molar-refractivity contribution in [2.75, 3.05) is 17.6 Å². The Hall–Kier alpha value is -2.19. The summed E-state index contributed by atoms with van der Waals surface area (Å²) in [7, 11) is -3.51. The minimum Gasteiger partial charge on any atom is -0.351 e. The van der Waals surface area contributed by atoms with Crippen molar-refractivity contribution < 1.29 is 18.0 Å². The second-order valence-corrected chi connectivity index (χ2v) is 9.08. The molecule has 2 aromatic carbocycles. The second-order valence-electron chi connectivity index (χ2n) is 5.91. The number of amides is 2. The van der Waals surface area contributed by atoms with E-state index in [1.54, 1.807) is 18.2 Å². The number of sulfone groups is 1. The van der Waals surface area contributed by atoms with Crippen molar-refractivity contribution in [1.29, 1.82) is 0 Å². The summed E-state index contributed by atoms with van der Waals surface area (Å²) in [6.07, 6.45) is 0.0698. The highest BCUT2D eigenvalue weighted by molar-refractivity contribution is 9.10. The number of carbonyl (C=O) groups excluding carboxylic acids is 2. The van der Waals surface area contributed by atoms with Gasteiger partial charge in [0.25, 0.3) is 5.91 Å². The Morgan fingerprint density at radius 1 is 1.11 bits per heavy atom. The fraction of sp³-hybridized carbons (Fsp3) is 0.263. The van der Waals surface area contributed by atoms with Crippen LogP contribution in [0.2, 0.25) is 0 Å². The number of aryl methyl sites for hydroxylation is 1. The summed E-state index contributed by atoms with van der Waals surface area (Å²) in [6, 6.07) is 11.6. The van der Waals surface area contributed by atoms with Crippen molar-refractivity contribution in [3.63, 3.8) is 0 Å². The average Bonchev–Trinajstić information content (AvgIpc) is 2.64. The molecule has 0 aliphatic heterocycles. The lowest BCUT2D eigenvalue weighted by molar-refractivity contribution is -0.116. The minimum atomic E-state index is -3.51. The number of anilines is 1. The lowest BCUT2D eigenvalue weighted by Crippen LogP contribution is -2.29. The van der Waals surface area contributed by atoms with Crippen molar-refractivity contribution >= 4 is 43.3 Å². The molecule has 2 N–H and O–H groups in total. The molecule has 2 aromatic rings. The van der Waals surface area contributed by atoms with Crippen LogP contribution in [0.3, 0.4) is 0 Å². The van der Waals surface area contributed by atoms with E-state index in [1.165, 1.54) is 19.1 Å². The zero-order chi connectivity index (χ0) is 20.0. The summed E-state index contributed by atoms with van der Waals surface area (Å²) in [6.45, 7) is 3.51. The van der Waals surface area contributed by atoms with E-state index in [4.69, 9.17) is 0 Å². The standard InChI is InChI=1S/C19H21BrN2O4S/c1-3-27(25,26)17-7-5-4-6-15(17)19(24)21-11-10-18(23)22-16-12-14(20)9-8-13(16)2/h4-9,12H,3,10-11H2,1-2H3,(H,21,24)(H,22,23). The van der Waals surface area contributed by atoms with E-state index in [2.05, 4.69) is 26.6 Å². The van der Waals surface area contributed by atoms with E-state index in [0.29, 0.717) is 5.69 Å². The van der Waals surface area contributed by atoms with Crippen LogP contribution in [0.25, 0.3) is 0 Å². The fourth-order valence-electron chi connectivity index (χ4n) is 2.41. The Kier molecular flexibility index (Phi) is 7.15. The smallest absolute Gasteiger partial charge is 0.252 e. The van der Waals surface area contributed by atoms with Crippen LogP contribution in [0.4, 0.5) is 5.69 Å². The Bertz CT molecular complexity index is 958. The monoisotopic (exact) mass is 452 g/mol. The van der Waals surface area contributed by atoms with E-state index in [1.807, 2.05) is 19.1 Å². The van der Waals surface area contributed by atoms with Gasteiger partial charge in [-0.3, -0.25) is 9.59 Å². The summed E-state index contributed by atoms with van der Waals surface area (Å²) >= 11 is 3.36. The van der Waals surface area contributed by atoms with Crippen LogP contribution in [0.15, 0.2) is 51.8 Å². The Morgan fingerprint density at radius 2 is 1.81 bits per heavy atom. The van der Waals surface area contributed by atoms with Crippen LogP contribution in [-0.4, -0.2) is 32.5 Å². The molecular formula is C19H21BrN2O4S. The molecule has 6 nitrogen and oxygen atoms in total. The van der Waals surface area contributed by atoms with E-state index in [0.717, 1.165) is 10.0 Å². The molecule has 0 atom stereocenters. The van der Waals surface area contributed by atoms with Crippen molar-refractivity contribution in [2.45, 2.75) is 25.2 Å². The lowest BCUT2D eigenvalue weighted by Gasteiger charge is -2.11. The topological polar surface area (TPSA) is 92.3 Å². The molecule has 0 saturated carbocycles. The predicted octanol–water partition coefficient (Wildman–Crippen LogP) is 3.31. The largest absolute Gasteiger partial charge is 0.351 e. The molecular weight excluding hydrogens is 432 g/mol. The second kappa shape index (κ2) is 9.14. The molecule has 0 spiro atoms. The molecule has 144 valence electrons. The van der Waals surface area contributed by atoms with E-state index >= 15 is 0 Å². The van der Waals surface area contributed by atoms with E-state index in [9.17, 15) is 18.0 Å². The summed E-state index contributed by atoms with van der Waals surface area (Å²) in [5.74, 6) is -0.855. The number of halogens is 1. The molecule has 0 saturated heterocycles. The third kappa shape index (κ3) is 5.64. The van der Waals surface area contributed by atoms with E-state index in [-0.39, 0.29) is 35.1 Å². The van der Waals surface area contributed by atoms with Gasteiger partial charge in [-0.1, -0.05) is 41.1 Å². The van der Waals surface area contributed by atoms with Crippen molar-refractivity contribution in [1.82, 2.24) is 5.32 Å². The molecule has 0 radical (unpaired) electrons. The van der Waals surface area contributed by atoms with Crippen LogP contribution in [0.5, 0.6) is 0 Å². The molecule has 2 rings (SSSR count). The molecule has 8 heteroatoms. The summed E-state index contributed by atoms with van der Waals surface area (Å²) < 4.78 is 25.1.